The first-order chi connectivity index (χ1) is 12.3. The van der Waals surface area contributed by atoms with E-state index in [0.717, 1.165) is 54.5 Å². The van der Waals surface area contributed by atoms with Gasteiger partial charge in [0.1, 0.15) is 5.65 Å². The van der Waals surface area contributed by atoms with Crippen LogP contribution in [0.3, 0.4) is 0 Å². The predicted octanol–water partition coefficient (Wildman–Crippen LogP) is 1.77. The maximum atomic E-state index is 10.4. The van der Waals surface area contributed by atoms with Crippen LogP contribution in [0, 0.1) is 0 Å². The summed E-state index contributed by atoms with van der Waals surface area (Å²) in [6, 6.07) is 12.6. The Morgan fingerprint density at radius 2 is 2.00 bits per heavy atom. The highest BCUT2D eigenvalue weighted by atomic mass is 16.5. The van der Waals surface area contributed by atoms with Crippen LogP contribution >= 0.6 is 0 Å². The van der Waals surface area contributed by atoms with Crippen molar-refractivity contribution in [2.24, 2.45) is 0 Å². The number of aromatic amines is 1. The second kappa shape index (κ2) is 5.69. The molecule has 1 saturated heterocycles. The Hall–Kier alpha value is -2.15. The highest BCUT2D eigenvalue weighted by molar-refractivity contribution is 6.62. The second-order valence-corrected chi connectivity index (χ2v) is 7.05. The standard InChI is InChI=1S/C19H20BN3O2/c24-20-16-12-22-18-15(6-9-21-18)17(16)19(25-20)7-10-23(11-8-19)13-14-4-2-1-3-5-14/h1-6,9,12,24H,7-8,10-11,13H2,(H,21,22). The average Bonchev–Trinajstić information content (AvgIpc) is 3.21. The lowest BCUT2D eigenvalue weighted by Gasteiger charge is -2.40. The van der Waals surface area contributed by atoms with Crippen LogP contribution in [-0.4, -0.2) is 40.1 Å². The van der Waals surface area contributed by atoms with E-state index in [1.807, 2.05) is 12.3 Å². The third kappa shape index (κ3) is 2.40. The first-order valence-electron chi connectivity index (χ1n) is 8.84. The van der Waals surface area contributed by atoms with E-state index in [4.69, 9.17) is 4.65 Å². The number of benzene rings is 1. The number of piperidine rings is 1. The first-order valence-corrected chi connectivity index (χ1v) is 8.84. The van der Waals surface area contributed by atoms with Crippen molar-refractivity contribution in [3.05, 3.63) is 59.9 Å². The number of nitrogens with zero attached hydrogens (tertiary/aromatic N) is 2. The molecule has 126 valence electrons. The quantitative estimate of drug-likeness (QED) is 0.702. The highest BCUT2D eigenvalue weighted by Crippen LogP contribution is 2.43. The van der Waals surface area contributed by atoms with Gasteiger partial charge in [-0.3, -0.25) is 4.90 Å². The van der Waals surface area contributed by atoms with Crippen LogP contribution in [0.5, 0.6) is 0 Å². The molecule has 5 nitrogen and oxygen atoms in total. The van der Waals surface area contributed by atoms with Gasteiger partial charge in [-0.2, -0.15) is 0 Å². The molecule has 2 aliphatic heterocycles. The lowest BCUT2D eigenvalue weighted by molar-refractivity contribution is -0.00669. The fourth-order valence-electron chi connectivity index (χ4n) is 4.34. The molecule has 0 saturated carbocycles. The molecule has 1 fully saturated rings. The molecule has 0 unspecified atom stereocenters. The van der Waals surface area contributed by atoms with Crippen LogP contribution in [0.1, 0.15) is 24.0 Å². The number of rotatable bonds is 2. The molecule has 3 aromatic rings. The van der Waals surface area contributed by atoms with E-state index in [1.54, 1.807) is 6.20 Å². The van der Waals surface area contributed by atoms with Crippen molar-refractivity contribution in [2.45, 2.75) is 25.0 Å². The van der Waals surface area contributed by atoms with E-state index in [1.165, 1.54) is 5.56 Å². The Bertz CT molecular complexity index is 903. The number of fused-ring (bicyclic) bond motifs is 4. The SMILES string of the molecule is OB1OC2(CCN(Cc3ccccc3)CC2)c2c1cnc1[nH]ccc21. The summed E-state index contributed by atoms with van der Waals surface area (Å²) in [7, 11) is -0.873. The monoisotopic (exact) mass is 333 g/mol. The van der Waals surface area contributed by atoms with Gasteiger partial charge in [-0.1, -0.05) is 30.3 Å². The molecule has 1 spiro atoms. The number of hydrogen-bond acceptors (Lipinski definition) is 4. The second-order valence-electron chi connectivity index (χ2n) is 7.05. The van der Waals surface area contributed by atoms with Crippen molar-refractivity contribution >= 4 is 23.6 Å². The van der Waals surface area contributed by atoms with Crippen LogP contribution in [-0.2, 0) is 16.8 Å². The van der Waals surface area contributed by atoms with Crippen LogP contribution < -0.4 is 5.46 Å². The minimum Gasteiger partial charge on any atom is -0.423 e. The average molecular weight is 333 g/mol. The molecule has 0 bridgehead atoms. The van der Waals surface area contributed by atoms with E-state index >= 15 is 0 Å². The number of nitrogens with one attached hydrogen (secondary N) is 1. The van der Waals surface area contributed by atoms with E-state index in [2.05, 4.69) is 45.2 Å². The van der Waals surface area contributed by atoms with Gasteiger partial charge in [0, 0.05) is 42.9 Å². The van der Waals surface area contributed by atoms with Crippen molar-refractivity contribution in [3.8, 4) is 0 Å². The Morgan fingerprint density at radius 1 is 1.20 bits per heavy atom. The summed E-state index contributed by atoms with van der Waals surface area (Å²) >= 11 is 0. The van der Waals surface area contributed by atoms with Crippen molar-refractivity contribution < 1.29 is 9.68 Å². The summed E-state index contributed by atoms with van der Waals surface area (Å²) in [5.74, 6) is 0. The molecule has 0 aliphatic carbocycles. The predicted molar refractivity (Wildman–Crippen MR) is 97.4 cm³/mol. The minimum absolute atomic E-state index is 0.397. The Morgan fingerprint density at radius 3 is 2.80 bits per heavy atom. The zero-order valence-corrected chi connectivity index (χ0v) is 14.0. The van der Waals surface area contributed by atoms with E-state index in [0.29, 0.717) is 0 Å². The molecule has 2 aliphatic rings. The molecule has 2 N–H and O–H groups in total. The first kappa shape index (κ1) is 15.1. The normalized spacial score (nSPS) is 19.6. The molecule has 0 amide bonds. The molecule has 1 aromatic carbocycles. The number of pyridine rings is 1. The summed E-state index contributed by atoms with van der Waals surface area (Å²) in [4.78, 5) is 10.0. The van der Waals surface area contributed by atoms with Gasteiger partial charge in [-0.05, 0) is 30.0 Å². The van der Waals surface area contributed by atoms with Crippen LogP contribution in [0.25, 0.3) is 11.0 Å². The molecule has 5 rings (SSSR count). The highest BCUT2D eigenvalue weighted by Gasteiger charge is 2.49. The molecule has 6 heteroatoms. The number of hydrogen-bond donors (Lipinski definition) is 2. The van der Waals surface area contributed by atoms with Gasteiger partial charge in [0.2, 0.25) is 0 Å². The van der Waals surface area contributed by atoms with Crippen molar-refractivity contribution in [2.75, 3.05) is 13.1 Å². The largest absolute Gasteiger partial charge is 0.493 e. The van der Waals surface area contributed by atoms with Crippen LogP contribution in [0.15, 0.2) is 48.8 Å². The van der Waals surface area contributed by atoms with Gasteiger partial charge < -0.3 is 14.7 Å². The van der Waals surface area contributed by atoms with Crippen molar-refractivity contribution in [1.82, 2.24) is 14.9 Å². The molecule has 4 heterocycles. The van der Waals surface area contributed by atoms with Gasteiger partial charge >= 0.3 is 7.12 Å². The lowest BCUT2D eigenvalue weighted by atomic mass is 9.76. The Balaban J connectivity index is 1.43. The summed E-state index contributed by atoms with van der Waals surface area (Å²) in [5.41, 5.74) is 3.76. The lowest BCUT2D eigenvalue weighted by Crippen LogP contribution is -2.43. The van der Waals surface area contributed by atoms with Gasteiger partial charge in [0.25, 0.3) is 0 Å². The summed E-state index contributed by atoms with van der Waals surface area (Å²) < 4.78 is 6.11. The smallest absolute Gasteiger partial charge is 0.423 e. The van der Waals surface area contributed by atoms with E-state index in [9.17, 15) is 5.02 Å². The fraction of sp³-hybridized carbons (Fsp3) is 0.316. The fourth-order valence-corrected chi connectivity index (χ4v) is 4.34. The zero-order chi connectivity index (χ0) is 16.9. The summed E-state index contributed by atoms with van der Waals surface area (Å²) in [6.45, 7) is 2.87. The van der Waals surface area contributed by atoms with E-state index in [-0.39, 0.29) is 0 Å². The van der Waals surface area contributed by atoms with Crippen molar-refractivity contribution in [3.63, 3.8) is 0 Å². The van der Waals surface area contributed by atoms with Crippen LogP contribution in [0.4, 0.5) is 0 Å². The van der Waals surface area contributed by atoms with E-state index < -0.39 is 12.7 Å². The molecule has 0 radical (unpaired) electrons. The summed E-state index contributed by atoms with van der Waals surface area (Å²) in [6.07, 6.45) is 5.42. The van der Waals surface area contributed by atoms with Crippen LogP contribution in [0.2, 0.25) is 0 Å². The molecule has 25 heavy (non-hydrogen) atoms. The number of aromatic nitrogens is 2. The Kier molecular flexibility index (Phi) is 3.45. The van der Waals surface area contributed by atoms with Gasteiger partial charge in [-0.15, -0.1) is 0 Å². The maximum Gasteiger partial charge on any atom is 0.493 e. The molecule has 0 atom stereocenters. The minimum atomic E-state index is -0.873. The Labute approximate surface area is 146 Å². The number of H-pyrrole nitrogens is 1. The molecular formula is C19H20BN3O2. The topological polar surface area (TPSA) is 61.4 Å². The maximum absolute atomic E-state index is 10.4. The molecule has 2 aromatic heterocycles. The van der Waals surface area contributed by atoms with Crippen molar-refractivity contribution in [1.29, 1.82) is 0 Å². The third-order valence-electron chi connectivity index (χ3n) is 5.59. The zero-order valence-electron chi connectivity index (χ0n) is 14.0. The number of likely N-dealkylation sites (tertiary alicyclic amines) is 1. The molecular weight excluding hydrogens is 313 g/mol. The van der Waals surface area contributed by atoms with Gasteiger partial charge in [0.15, 0.2) is 0 Å². The van der Waals surface area contributed by atoms with Gasteiger partial charge in [-0.25, -0.2) is 4.98 Å². The van der Waals surface area contributed by atoms with Gasteiger partial charge in [0.05, 0.1) is 5.60 Å². The third-order valence-corrected chi connectivity index (χ3v) is 5.59. The summed E-state index contributed by atoms with van der Waals surface area (Å²) in [5, 5.41) is 11.5.